The number of aryl methyl sites for hydroxylation is 1. The van der Waals surface area contributed by atoms with Crippen molar-refractivity contribution in [3.05, 3.63) is 104 Å². The lowest BCUT2D eigenvalue weighted by molar-refractivity contribution is -0.384. The standard InChI is InChI=1S/C26H24N4O4S/c1-3-15-29-25(32)19-11-7-8-12-20(19)28-26(29)35-23(18-9-5-4-6-10-18)24(31)27-21-14-13-17(2)16-22(21)30(33)34/h4-14,16,23H,3,15H2,1-2H3,(H,27,31)/t23-/m1/s1. The van der Waals surface area contributed by atoms with E-state index in [2.05, 4.69) is 5.32 Å². The first-order valence-corrected chi connectivity index (χ1v) is 12.0. The number of thioether (sulfide) groups is 1. The van der Waals surface area contributed by atoms with Crippen molar-refractivity contribution >= 4 is 39.9 Å². The summed E-state index contributed by atoms with van der Waals surface area (Å²) < 4.78 is 1.59. The number of para-hydroxylation sites is 1. The first-order valence-electron chi connectivity index (χ1n) is 11.2. The molecule has 0 spiro atoms. The number of nitro benzene ring substituents is 1. The fraction of sp³-hybridized carbons (Fsp3) is 0.192. The van der Waals surface area contributed by atoms with Crippen LogP contribution in [0.1, 0.15) is 29.7 Å². The number of fused-ring (bicyclic) bond motifs is 1. The molecule has 178 valence electrons. The molecule has 3 aromatic carbocycles. The predicted molar refractivity (Wildman–Crippen MR) is 138 cm³/mol. The van der Waals surface area contributed by atoms with E-state index in [1.807, 2.05) is 43.3 Å². The summed E-state index contributed by atoms with van der Waals surface area (Å²) in [7, 11) is 0. The second-order valence-electron chi connectivity index (χ2n) is 8.04. The third-order valence-electron chi connectivity index (χ3n) is 5.45. The van der Waals surface area contributed by atoms with Crippen molar-refractivity contribution in [3.63, 3.8) is 0 Å². The molecule has 1 atom stereocenters. The number of aromatic nitrogens is 2. The number of benzene rings is 3. The van der Waals surface area contributed by atoms with Gasteiger partial charge < -0.3 is 5.32 Å². The van der Waals surface area contributed by atoms with Gasteiger partial charge in [-0.2, -0.15) is 0 Å². The lowest BCUT2D eigenvalue weighted by Crippen LogP contribution is -2.25. The number of rotatable bonds is 8. The van der Waals surface area contributed by atoms with Gasteiger partial charge in [0.05, 0.1) is 15.8 Å². The minimum absolute atomic E-state index is 0.115. The summed E-state index contributed by atoms with van der Waals surface area (Å²) in [6.45, 7) is 4.17. The van der Waals surface area contributed by atoms with Crippen LogP contribution in [0, 0.1) is 17.0 Å². The zero-order valence-electron chi connectivity index (χ0n) is 19.3. The van der Waals surface area contributed by atoms with Crippen LogP contribution in [0.25, 0.3) is 10.9 Å². The van der Waals surface area contributed by atoms with Gasteiger partial charge >= 0.3 is 0 Å². The highest BCUT2D eigenvalue weighted by molar-refractivity contribution is 8.00. The molecule has 4 rings (SSSR count). The number of nitrogens with one attached hydrogen (secondary N) is 1. The molecule has 0 saturated carbocycles. The van der Waals surface area contributed by atoms with E-state index in [9.17, 15) is 19.7 Å². The average Bonchev–Trinajstić information content (AvgIpc) is 2.86. The number of carbonyl (C=O) groups is 1. The van der Waals surface area contributed by atoms with Crippen LogP contribution in [-0.4, -0.2) is 20.4 Å². The highest BCUT2D eigenvalue weighted by Gasteiger charge is 2.27. The molecule has 0 radical (unpaired) electrons. The van der Waals surface area contributed by atoms with Crippen LogP contribution >= 0.6 is 11.8 Å². The van der Waals surface area contributed by atoms with Crippen molar-refractivity contribution in [2.75, 3.05) is 5.32 Å². The molecule has 0 bridgehead atoms. The van der Waals surface area contributed by atoms with Crippen LogP contribution < -0.4 is 10.9 Å². The predicted octanol–water partition coefficient (Wildman–Crippen LogP) is 5.50. The molecule has 0 fully saturated rings. The second kappa shape index (κ2) is 10.5. The molecule has 0 aliphatic rings. The Kier molecular flexibility index (Phi) is 7.26. The molecule has 1 aromatic heterocycles. The summed E-state index contributed by atoms with van der Waals surface area (Å²) in [5.74, 6) is -0.446. The normalized spacial score (nSPS) is 11.8. The van der Waals surface area contributed by atoms with Crippen molar-refractivity contribution in [3.8, 4) is 0 Å². The van der Waals surface area contributed by atoms with Gasteiger partial charge in [-0.15, -0.1) is 0 Å². The maximum atomic E-state index is 13.5. The van der Waals surface area contributed by atoms with E-state index in [1.54, 1.807) is 35.8 Å². The minimum atomic E-state index is -0.798. The molecule has 0 saturated heterocycles. The van der Waals surface area contributed by atoms with Crippen molar-refractivity contribution < 1.29 is 9.72 Å². The summed E-state index contributed by atoms with van der Waals surface area (Å²) in [6, 6.07) is 20.9. The summed E-state index contributed by atoms with van der Waals surface area (Å²) in [6.07, 6.45) is 0.714. The molecule has 9 heteroatoms. The number of amides is 1. The first-order chi connectivity index (χ1) is 16.9. The third kappa shape index (κ3) is 5.25. The van der Waals surface area contributed by atoms with Crippen LogP contribution in [-0.2, 0) is 11.3 Å². The van der Waals surface area contributed by atoms with Gasteiger partial charge in [-0.25, -0.2) is 4.98 Å². The van der Waals surface area contributed by atoms with E-state index in [0.29, 0.717) is 40.2 Å². The maximum Gasteiger partial charge on any atom is 0.293 e. The van der Waals surface area contributed by atoms with Gasteiger partial charge in [0.2, 0.25) is 5.91 Å². The smallest absolute Gasteiger partial charge is 0.293 e. The van der Waals surface area contributed by atoms with Crippen molar-refractivity contribution in [2.24, 2.45) is 0 Å². The van der Waals surface area contributed by atoms with E-state index in [0.717, 1.165) is 11.8 Å². The molecular formula is C26H24N4O4S. The Morgan fingerprint density at radius 2 is 1.83 bits per heavy atom. The number of nitrogens with zero attached hydrogens (tertiary/aromatic N) is 3. The Labute approximate surface area is 206 Å². The Morgan fingerprint density at radius 3 is 2.54 bits per heavy atom. The molecular weight excluding hydrogens is 464 g/mol. The summed E-state index contributed by atoms with van der Waals surface area (Å²) >= 11 is 1.15. The van der Waals surface area contributed by atoms with Gasteiger partial charge in [0.15, 0.2) is 5.16 Å². The number of hydrogen-bond acceptors (Lipinski definition) is 6. The van der Waals surface area contributed by atoms with E-state index in [4.69, 9.17) is 4.98 Å². The summed E-state index contributed by atoms with van der Waals surface area (Å²) in [5, 5.41) is 14.4. The van der Waals surface area contributed by atoms with E-state index >= 15 is 0 Å². The molecule has 1 amide bonds. The molecule has 0 aliphatic heterocycles. The molecule has 35 heavy (non-hydrogen) atoms. The van der Waals surface area contributed by atoms with Gasteiger partial charge in [-0.05, 0) is 42.7 Å². The monoisotopic (exact) mass is 488 g/mol. The minimum Gasteiger partial charge on any atom is -0.319 e. The lowest BCUT2D eigenvalue weighted by atomic mass is 10.1. The zero-order valence-corrected chi connectivity index (χ0v) is 20.1. The summed E-state index contributed by atoms with van der Waals surface area (Å²) in [5.41, 5.74) is 1.73. The van der Waals surface area contributed by atoms with Crippen LogP contribution in [0.15, 0.2) is 82.7 Å². The van der Waals surface area contributed by atoms with Gasteiger partial charge in [0.1, 0.15) is 10.9 Å². The Morgan fingerprint density at radius 1 is 1.11 bits per heavy atom. The van der Waals surface area contributed by atoms with Gasteiger partial charge in [0.25, 0.3) is 11.2 Å². The Hall–Kier alpha value is -3.98. The largest absolute Gasteiger partial charge is 0.319 e. The van der Waals surface area contributed by atoms with Gasteiger partial charge in [-0.3, -0.25) is 24.3 Å². The van der Waals surface area contributed by atoms with Crippen LogP contribution in [0.3, 0.4) is 0 Å². The SMILES string of the molecule is CCCn1c(S[C@@H](C(=O)Nc2ccc(C)cc2[N+](=O)[O-])c2ccccc2)nc2ccccc2c1=O. The Bertz CT molecular complexity index is 1450. The molecule has 4 aromatic rings. The van der Waals surface area contributed by atoms with Crippen molar-refractivity contribution in [2.45, 2.75) is 37.2 Å². The van der Waals surface area contributed by atoms with Crippen LogP contribution in [0.4, 0.5) is 11.4 Å². The Balaban J connectivity index is 1.78. The molecule has 0 unspecified atom stereocenters. The topological polar surface area (TPSA) is 107 Å². The second-order valence-corrected chi connectivity index (χ2v) is 9.12. The van der Waals surface area contributed by atoms with Gasteiger partial charge in [-0.1, -0.05) is 67.2 Å². The van der Waals surface area contributed by atoms with Crippen LogP contribution in [0.5, 0.6) is 0 Å². The van der Waals surface area contributed by atoms with Crippen LogP contribution in [0.2, 0.25) is 0 Å². The lowest BCUT2D eigenvalue weighted by Gasteiger charge is -2.19. The van der Waals surface area contributed by atoms with E-state index in [-0.39, 0.29) is 16.9 Å². The molecule has 1 heterocycles. The zero-order chi connectivity index (χ0) is 24.9. The number of anilines is 1. The fourth-order valence-corrected chi connectivity index (χ4v) is 4.88. The first kappa shape index (κ1) is 24.2. The third-order valence-corrected chi connectivity index (χ3v) is 6.69. The fourth-order valence-electron chi connectivity index (χ4n) is 3.76. The number of nitro groups is 1. The van der Waals surface area contributed by atoms with E-state index in [1.165, 1.54) is 12.1 Å². The number of carbonyl (C=O) groups excluding carboxylic acids is 1. The summed E-state index contributed by atoms with van der Waals surface area (Å²) in [4.78, 5) is 42.5. The highest BCUT2D eigenvalue weighted by Crippen LogP contribution is 2.36. The average molecular weight is 489 g/mol. The van der Waals surface area contributed by atoms with Crippen molar-refractivity contribution in [1.29, 1.82) is 0 Å². The molecule has 0 aliphatic carbocycles. The van der Waals surface area contributed by atoms with Gasteiger partial charge in [0, 0.05) is 12.6 Å². The quantitative estimate of drug-likeness (QED) is 0.152. The molecule has 8 nitrogen and oxygen atoms in total. The van der Waals surface area contributed by atoms with Crippen molar-refractivity contribution in [1.82, 2.24) is 9.55 Å². The highest BCUT2D eigenvalue weighted by atomic mass is 32.2. The molecule has 1 N–H and O–H groups in total. The van der Waals surface area contributed by atoms with E-state index < -0.39 is 16.1 Å². The number of hydrogen-bond donors (Lipinski definition) is 1. The maximum absolute atomic E-state index is 13.5.